The zero-order chi connectivity index (χ0) is 15.1. The summed E-state index contributed by atoms with van der Waals surface area (Å²) < 4.78 is 0. The Morgan fingerprint density at radius 2 is 1.90 bits per heavy atom. The molecule has 2 aromatic rings. The SMILES string of the molecule is CCCCC(CCC)Nc1nc(NN)nc2ccccc12. The Morgan fingerprint density at radius 3 is 2.62 bits per heavy atom. The van der Waals surface area contributed by atoms with Gasteiger partial charge in [-0.2, -0.15) is 4.98 Å². The number of unbranched alkanes of at least 4 members (excludes halogenated alkanes) is 1. The van der Waals surface area contributed by atoms with Gasteiger partial charge in [-0.25, -0.2) is 10.8 Å². The van der Waals surface area contributed by atoms with Crippen molar-refractivity contribution in [1.29, 1.82) is 0 Å². The molecule has 21 heavy (non-hydrogen) atoms. The number of nitrogens with zero attached hydrogens (tertiary/aromatic N) is 2. The van der Waals surface area contributed by atoms with E-state index in [0.717, 1.165) is 36.0 Å². The van der Waals surface area contributed by atoms with Gasteiger partial charge in [0.15, 0.2) is 0 Å². The fourth-order valence-corrected chi connectivity index (χ4v) is 2.53. The largest absolute Gasteiger partial charge is 0.367 e. The Hall–Kier alpha value is -1.88. The van der Waals surface area contributed by atoms with Crippen LogP contribution in [0.2, 0.25) is 0 Å². The maximum Gasteiger partial charge on any atom is 0.239 e. The number of nitrogens with two attached hydrogens (primary N) is 1. The van der Waals surface area contributed by atoms with Crippen molar-refractivity contribution in [2.75, 3.05) is 10.7 Å². The third-order valence-corrected chi connectivity index (χ3v) is 3.62. The molecule has 0 fully saturated rings. The van der Waals surface area contributed by atoms with Crippen molar-refractivity contribution in [3.63, 3.8) is 0 Å². The molecule has 1 unspecified atom stereocenters. The minimum absolute atomic E-state index is 0.443. The third kappa shape index (κ3) is 4.04. The monoisotopic (exact) mass is 287 g/mol. The second kappa shape index (κ2) is 7.78. The van der Waals surface area contributed by atoms with Crippen LogP contribution in [0.15, 0.2) is 24.3 Å². The Labute approximate surface area is 126 Å². The lowest BCUT2D eigenvalue weighted by Crippen LogP contribution is -2.21. The highest BCUT2D eigenvalue weighted by Gasteiger charge is 2.12. The summed E-state index contributed by atoms with van der Waals surface area (Å²) in [6, 6.07) is 8.44. The minimum atomic E-state index is 0.443. The fourth-order valence-electron chi connectivity index (χ4n) is 2.53. The molecule has 1 heterocycles. The first-order valence-corrected chi connectivity index (χ1v) is 7.78. The van der Waals surface area contributed by atoms with E-state index in [-0.39, 0.29) is 0 Å². The number of nitrogen functional groups attached to an aromatic ring is 1. The van der Waals surface area contributed by atoms with Gasteiger partial charge in [-0.3, -0.25) is 5.43 Å². The molecule has 0 radical (unpaired) electrons. The summed E-state index contributed by atoms with van der Waals surface area (Å²) in [6.45, 7) is 4.44. The average Bonchev–Trinajstić information content (AvgIpc) is 2.52. The first-order chi connectivity index (χ1) is 10.3. The summed E-state index contributed by atoms with van der Waals surface area (Å²) in [5.74, 6) is 6.79. The van der Waals surface area contributed by atoms with Gasteiger partial charge in [-0.1, -0.05) is 45.2 Å². The summed E-state index contributed by atoms with van der Waals surface area (Å²) >= 11 is 0. The highest BCUT2D eigenvalue weighted by atomic mass is 15.3. The van der Waals surface area contributed by atoms with Crippen LogP contribution in [0.3, 0.4) is 0 Å². The van der Waals surface area contributed by atoms with Gasteiger partial charge in [0.05, 0.1) is 5.52 Å². The highest BCUT2D eigenvalue weighted by molar-refractivity contribution is 5.90. The lowest BCUT2D eigenvalue weighted by Gasteiger charge is -2.20. The molecule has 0 spiro atoms. The predicted molar refractivity (Wildman–Crippen MR) is 89.2 cm³/mol. The smallest absolute Gasteiger partial charge is 0.239 e. The van der Waals surface area contributed by atoms with E-state index in [2.05, 4.69) is 34.6 Å². The number of fused-ring (bicyclic) bond motifs is 1. The molecule has 1 aromatic heterocycles. The van der Waals surface area contributed by atoms with Crippen LogP contribution in [0, 0.1) is 0 Å². The van der Waals surface area contributed by atoms with E-state index in [4.69, 9.17) is 5.84 Å². The van der Waals surface area contributed by atoms with Crippen molar-refractivity contribution in [1.82, 2.24) is 9.97 Å². The van der Waals surface area contributed by atoms with Crippen LogP contribution in [-0.2, 0) is 0 Å². The van der Waals surface area contributed by atoms with Crippen LogP contribution in [0.1, 0.15) is 46.0 Å². The minimum Gasteiger partial charge on any atom is -0.367 e. The molecule has 0 aliphatic heterocycles. The quantitative estimate of drug-likeness (QED) is 0.510. The van der Waals surface area contributed by atoms with Crippen LogP contribution < -0.4 is 16.6 Å². The van der Waals surface area contributed by atoms with E-state index in [1.807, 2.05) is 24.3 Å². The number of benzene rings is 1. The van der Waals surface area contributed by atoms with Gasteiger partial charge in [0.1, 0.15) is 5.82 Å². The van der Waals surface area contributed by atoms with Crippen molar-refractivity contribution in [2.45, 2.75) is 52.0 Å². The number of nitrogens with one attached hydrogen (secondary N) is 2. The number of hydrogen-bond donors (Lipinski definition) is 3. The third-order valence-electron chi connectivity index (χ3n) is 3.62. The molecule has 5 nitrogen and oxygen atoms in total. The van der Waals surface area contributed by atoms with Gasteiger partial charge in [-0.05, 0) is 25.0 Å². The van der Waals surface area contributed by atoms with Crippen LogP contribution >= 0.6 is 0 Å². The molecule has 0 saturated heterocycles. The van der Waals surface area contributed by atoms with Crippen molar-refractivity contribution in [3.8, 4) is 0 Å². The predicted octanol–water partition coefficient (Wildman–Crippen LogP) is 3.69. The van der Waals surface area contributed by atoms with Crippen molar-refractivity contribution < 1.29 is 0 Å². The van der Waals surface area contributed by atoms with Crippen LogP contribution in [0.4, 0.5) is 11.8 Å². The van der Waals surface area contributed by atoms with Gasteiger partial charge in [0.2, 0.25) is 5.95 Å². The van der Waals surface area contributed by atoms with Crippen molar-refractivity contribution in [3.05, 3.63) is 24.3 Å². The molecular weight excluding hydrogens is 262 g/mol. The van der Waals surface area contributed by atoms with Gasteiger partial charge in [0, 0.05) is 11.4 Å². The summed E-state index contributed by atoms with van der Waals surface area (Å²) in [5.41, 5.74) is 3.44. The molecule has 0 bridgehead atoms. The number of hydrazine groups is 1. The highest BCUT2D eigenvalue weighted by Crippen LogP contribution is 2.23. The first kappa shape index (κ1) is 15.5. The molecule has 0 aliphatic rings. The molecule has 4 N–H and O–H groups in total. The molecule has 2 rings (SSSR count). The maximum atomic E-state index is 5.48. The lowest BCUT2D eigenvalue weighted by atomic mass is 10.0. The Morgan fingerprint density at radius 1 is 1.10 bits per heavy atom. The molecular formula is C16H25N5. The van der Waals surface area contributed by atoms with E-state index >= 15 is 0 Å². The second-order valence-corrected chi connectivity index (χ2v) is 5.33. The van der Waals surface area contributed by atoms with E-state index in [1.54, 1.807) is 0 Å². The zero-order valence-electron chi connectivity index (χ0n) is 12.9. The van der Waals surface area contributed by atoms with E-state index < -0.39 is 0 Å². The van der Waals surface area contributed by atoms with Gasteiger partial charge in [-0.15, -0.1) is 0 Å². The molecule has 1 atom stereocenters. The van der Waals surface area contributed by atoms with Crippen LogP contribution in [0.25, 0.3) is 10.9 Å². The van der Waals surface area contributed by atoms with Crippen molar-refractivity contribution >= 4 is 22.7 Å². The molecule has 0 amide bonds. The number of hydrogen-bond acceptors (Lipinski definition) is 5. The van der Waals surface area contributed by atoms with Gasteiger partial charge in [0.25, 0.3) is 0 Å². The summed E-state index contributed by atoms with van der Waals surface area (Å²) in [5, 5.41) is 4.62. The summed E-state index contributed by atoms with van der Waals surface area (Å²) in [7, 11) is 0. The molecule has 0 aliphatic carbocycles. The number of rotatable bonds is 8. The van der Waals surface area contributed by atoms with Crippen molar-refractivity contribution in [2.24, 2.45) is 5.84 Å². The molecule has 5 heteroatoms. The Balaban J connectivity index is 2.29. The average molecular weight is 287 g/mol. The topological polar surface area (TPSA) is 75.9 Å². The Kier molecular flexibility index (Phi) is 5.75. The Bertz CT molecular complexity index is 570. The number of para-hydroxylation sites is 1. The molecule has 0 saturated carbocycles. The lowest BCUT2D eigenvalue weighted by molar-refractivity contribution is 0.563. The van der Waals surface area contributed by atoms with Gasteiger partial charge >= 0.3 is 0 Å². The second-order valence-electron chi connectivity index (χ2n) is 5.33. The van der Waals surface area contributed by atoms with E-state index in [1.165, 1.54) is 12.8 Å². The molecule has 1 aromatic carbocycles. The zero-order valence-corrected chi connectivity index (χ0v) is 12.9. The number of aromatic nitrogens is 2. The van der Waals surface area contributed by atoms with Crippen LogP contribution in [0.5, 0.6) is 0 Å². The summed E-state index contributed by atoms with van der Waals surface area (Å²) in [4.78, 5) is 8.87. The fraction of sp³-hybridized carbons (Fsp3) is 0.500. The van der Waals surface area contributed by atoms with E-state index in [9.17, 15) is 0 Å². The first-order valence-electron chi connectivity index (χ1n) is 7.78. The van der Waals surface area contributed by atoms with E-state index in [0.29, 0.717) is 12.0 Å². The number of anilines is 2. The van der Waals surface area contributed by atoms with Crippen LogP contribution in [-0.4, -0.2) is 16.0 Å². The maximum absolute atomic E-state index is 5.48. The standard InChI is InChI=1S/C16H25N5/c1-3-5-9-12(8-4-2)18-15-13-10-6-7-11-14(13)19-16(20-15)21-17/h6-7,10-12H,3-5,8-9,17H2,1-2H3,(H2,18,19,20,21). The normalized spacial score (nSPS) is 12.3. The molecule has 114 valence electrons. The summed E-state index contributed by atoms with van der Waals surface area (Å²) in [6.07, 6.45) is 5.90. The van der Waals surface area contributed by atoms with Gasteiger partial charge < -0.3 is 5.32 Å².